The maximum absolute atomic E-state index is 12.2. The van der Waals surface area contributed by atoms with Gasteiger partial charge in [0.2, 0.25) is 0 Å². The smallest absolute Gasteiger partial charge is 0.165 e. The zero-order chi connectivity index (χ0) is 13.6. The van der Waals surface area contributed by atoms with E-state index in [1.807, 2.05) is 6.07 Å². The minimum Gasteiger partial charge on any atom is -0.376 e. The van der Waals surface area contributed by atoms with Crippen LogP contribution in [0, 0.1) is 5.41 Å². The van der Waals surface area contributed by atoms with Gasteiger partial charge >= 0.3 is 0 Å². The first-order chi connectivity index (χ1) is 8.98. The molecule has 0 radical (unpaired) electrons. The van der Waals surface area contributed by atoms with Crippen molar-refractivity contribution >= 4 is 5.78 Å². The van der Waals surface area contributed by atoms with E-state index in [0.717, 1.165) is 31.4 Å². The van der Waals surface area contributed by atoms with Crippen molar-refractivity contribution in [1.29, 1.82) is 0 Å². The van der Waals surface area contributed by atoms with Gasteiger partial charge in [0.05, 0.1) is 12.1 Å². The zero-order valence-corrected chi connectivity index (χ0v) is 12.1. The number of aromatic nitrogens is 1. The van der Waals surface area contributed by atoms with E-state index in [1.54, 1.807) is 0 Å². The van der Waals surface area contributed by atoms with Crippen LogP contribution in [-0.2, 0) is 11.2 Å². The van der Waals surface area contributed by atoms with E-state index in [9.17, 15) is 4.79 Å². The number of rotatable bonds is 2. The van der Waals surface area contributed by atoms with Crippen LogP contribution in [0.1, 0.15) is 62.1 Å². The van der Waals surface area contributed by atoms with Crippen molar-refractivity contribution in [3.8, 4) is 0 Å². The highest BCUT2D eigenvalue weighted by molar-refractivity contribution is 5.98. The predicted molar refractivity (Wildman–Crippen MR) is 74.5 cm³/mol. The molecule has 1 saturated heterocycles. The number of nitrogens with zero attached hydrogens (tertiary/aromatic N) is 1. The highest BCUT2D eigenvalue weighted by Crippen LogP contribution is 2.37. The number of ketones is 1. The third-order valence-corrected chi connectivity index (χ3v) is 4.55. The van der Waals surface area contributed by atoms with E-state index < -0.39 is 0 Å². The highest BCUT2D eigenvalue weighted by atomic mass is 16.5. The molecule has 0 N–H and O–H groups in total. The Kier molecular flexibility index (Phi) is 3.05. The number of carbonyl (C=O) groups is 1. The lowest BCUT2D eigenvalue weighted by Crippen LogP contribution is -2.30. The van der Waals surface area contributed by atoms with E-state index in [1.165, 1.54) is 5.69 Å². The second-order valence-corrected chi connectivity index (χ2v) is 6.82. The van der Waals surface area contributed by atoms with Crippen molar-refractivity contribution in [2.24, 2.45) is 5.41 Å². The van der Waals surface area contributed by atoms with Crippen LogP contribution in [0.2, 0.25) is 0 Å². The molecule has 19 heavy (non-hydrogen) atoms. The Morgan fingerprint density at radius 2 is 2.21 bits per heavy atom. The molecule has 0 aromatic carbocycles. The fraction of sp³-hybridized carbons (Fsp3) is 0.688. The molecule has 1 aromatic heterocycles. The Labute approximate surface area is 114 Å². The Balaban J connectivity index is 1.94. The highest BCUT2D eigenvalue weighted by Gasteiger charge is 2.35. The molecule has 3 heteroatoms. The van der Waals surface area contributed by atoms with E-state index in [0.29, 0.717) is 24.3 Å². The number of fused-ring (bicyclic) bond motifs is 1. The van der Waals surface area contributed by atoms with Gasteiger partial charge in [0.15, 0.2) is 5.78 Å². The summed E-state index contributed by atoms with van der Waals surface area (Å²) in [6, 6.07) is 2.33. The number of ether oxygens (including phenoxy) is 1. The van der Waals surface area contributed by atoms with E-state index in [-0.39, 0.29) is 5.41 Å². The maximum Gasteiger partial charge on any atom is 0.165 e. The standard InChI is InChI=1S/C16H23NO2/c1-11(15-5-4-8-19-15)17-7-6-12-13(17)9-16(2,3)10-14(12)18/h6-7,11,15H,4-5,8-10H2,1-3H3. The Hall–Kier alpha value is -1.09. The summed E-state index contributed by atoms with van der Waals surface area (Å²) < 4.78 is 8.08. The molecule has 2 aliphatic rings. The quantitative estimate of drug-likeness (QED) is 0.817. The first-order valence-corrected chi connectivity index (χ1v) is 7.32. The van der Waals surface area contributed by atoms with Crippen LogP contribution in [0.15, 0.2) is 12.3 Å². The van der Waals surface area contributed by atoms with Crippen LogP contribution in [0.4, 0.5) is 0 Å². The van der Waals surface area contributed by atoms with Crippen molar-refractivity contribution < 1.29 is 9.53 Å². The van der Waals surface area contributed by atoms with Crippen LogP contribution in [0.5, 0.6) is 0 Å². The molecule has 0 amide bonds. The molecule has 0 saturated carbocycles. The van der Waals surface area contributed by atoms with Gasteiger partial charge in [-0.05, 0) is 37.7 Å². The topological polar surface area (TPSA) is 31.2 Å². The van der Waals surface area contributed by atoms with Gasteiger partial charge in [-0.1, -0.05) is 13.8 Å². The van der Waals surface area contributed by atoms with Crippen molar-refractivity contribution in [1.82, 2.24) is 4.57 Å². The fourth-order valence-electron chi connectivity index (χ4n) is 3.51. The second-order valence-electron chi connectivity index (χ2n) is 6.82. The summed E-state index contributed by atoms with van der Waals surface area (Å²) in [5.74, 6) is 0.296. The lowest BCUT2D eigenvalue weighted by molar-refractivity contribution is 0.0710. The van der Waals surface area contributed by atoms with Gasteiger partial charge in [-0.2, -0.15) is 0 Å². The monoisotopic (exact) mass is 261 g/mol. The third-order valence-electron chi connectivity index (χ3n) is 4.55. The Morgan fingerprint density at radius 3 is 2.89 bits per heavy atom. The molecule has 3 nitrogen and oxygen atoms in total. The van der Waals surface area contributed by atoms with Gasteiger partial charge in [-0.15, -0.1) is 0 Å². The summed E-state index contributed by atoms with van der Waals surface area (Å²) in [7, 11) is 0. The average molecular weight is 261 g/mol. The predicted octanol–water partition coefficient (Wildman–Crippen LogP) is 3.38. The molecule has 0 spiro atoms. The normalized spacial score (nSPS) is 27.3. The van der Waals surface area contributed by atoms with Crippen molar-refractivity contribution in [2.45, 2.75) is 58.6 Å². The number of Topliss-reactive ketones (excluding diaryl/α,β-unsaturated/α-hetero) is 1. The summed E-state index contributed by atoms with van der Waals surface area (Å²) in [5.41, 5.74) is 2.23. The van der Waals surface area contributed by atoms with Crippen LogP contribution < -0.4 is 0 Å². The summed E-state index contributed by atoms with van der Waals surface area (Å²) in [5, 5.41) is 0. The van der Waals surface area contributed by atoms with Crippen molar-refractivity contribution in [3.63, 3.8) is 0 Å². The van der Waals surface area contributed by atoms with E-state index in [2.05, 4.69) is 31.5 Å². The number of hydrogen-bond acceptors (Lipinski definition) is 2. The molecular weight excluding hydrogens is 238 g/mol. The number of hydrogen-bond donors (Lipinski definition) is 0. The SMILES string of the molecule is CC(C1CCCO1)n1ccc2c1CC(C)(C)CC2=O. The van der Waals surface area contributed by atoms with Gasteiger partial charge in [0.25, 0.3) is 0 Å². The first kappa shape index (κ1) is 12.9. The van der Waals surface area contributed by atoms with Crippen LogP contribution in [-0.4, -0.2) is 23.1 Å². The summed E-state index contributed by atoms with van der Waals surface area (Å²) in [4.78, 5) is 12.2. The van der Waals surface area contributed by atoms with Gasteiger partial charge in [0.1, 0.15) is 0 Å². The van der Waals surface area contributed by atoms with E-state index in [4.69, 9.17) is 4.74 Å². The van der Waals surface area contributed by atoms with Gasteiger partial charge in [-0.3, -0.25) is 4.79 Å². The molecule has 2 unspecified atom stereocenters. The average Bonchev–Trinajstić information content (AvgIpc) is 2.94. The first-order valence-electron chi connectivity index (χ1n) is 7.32. The Morgan fingerprint density at radius 1 is 1.42 bits per heavy atom. The molecule has 1 aliphatic carbocycles. The zero-order valence-electron chi connectivity index (χ0n) is 12.1. The molecule has 1 aliphatic heterocycles. The Bertz CT molecular complexity index is 495. The van der Waals surface area contributed by atoms with Gasteiger partial charge < -0.3 is 9.30 Å². The second kappa shape index (κ2) is 4.48. The summed E-state index contributed by atoms with van der Waals surface area (Å²) >= 11 is 0. The van der Waals surface area contributed by atoms with Gasteiger partial charge in [0, 0.05) is 30.5 Å². The van der Waals surface area contributed by atoms with Gasteiger partial charge in [-0.25, -0.2) is 0 Å². The molecule has 2 heterocycles. The minimum absolute atomic E-state index is 0.0798. The largest absolute Gasteiger partial charge is 0.376 e. The van der Waals surface area contributed by atoms with E-state index >= 15 is 0 Å². The fourth-order valence-corrected chi connectivity index (χ4v) is 3.51. The molecular formula is C16H23NO2. The number of carbonyl (C=O) groups excluding carboxylic acids is 1. The molecule has 3 rings (SSSR count). The van der Waals surface area contributed by atoms with Crippen molar-refractivity contribution in [3.05, 3.63) is 23.5 Å². The third kappa shape index (κ3) is 2.25. The van der Waals surface area contributed by atoms with Crippen LogP contribution in [0.3, 0.4) is 0 Å². The van der Waals surface area contributed by atoms with Crippen molar-refractivity contribution in [2.75, 3.05) is 6.61 Å². The molecule has 2 atom stereocenters. The molecule has 104 valence electrons. The molecule has 0 bridgehead atoms. The molecule has 1 fully saturated rings. The summed E-state index contributed by atoms with van der Waals surface area (Å²) in [6.45, 7) is 7.45. The lowest BCUT2D eigenvalue weighted by Gasteiger charge is -2.32. The summed E-state index contributed by atoms with van der Waals surface area (Å²) in [6.07, 6.45) is 6.32. The minimum atomic E-state index is 0.0798. The molecule has 1 aromatic rings. The van der Waals surface area contributed by atoms with Crippen LogP contribution in [0.25, 0.3) is 0 Å². The maximum atomic E-state index is 12.2. The lowest BCUT2D eigenvalue weighted by atomic mass is 9.76. The van der Waals surface area contributed by atoms with Crippen LogP contribution >= 0.6 is 0 Å².